The highest BCUT2D eigenvalue weighted by Gasteiger charge is 2.53. The monoisotopic (exact) mass is 393 g/mol. The number of carbonyl (C=O) groups excluding carboxylic acids is 1. The fraction of sp³-hybridized carbons (Fsp3) is 0.375. The Kier molecular flexibility index (Phi) is 5.87. The molecule has 0 bridgehead atoms. The highest BCUT2D eigenvalue weighted by Crippen LogP contribution is 2.61. The fourth-order valence-electron chi connectivity index (χ4n) is 4.03. The molecule has 0 spiro atoms. The molecular formula is C24H27NO4. The van der Waals surface area contributed by atoms with Gasteiger partial charge in [0.2, 0.25) is 0 Å². The Labute approximate surface area is 171 Å². The molecule has 0 aromatic heterocycles. The number of allylic oxidation sites excluding steroid dienone is 1. The van der Waals surface area contributed by atoms with E-state index in [1.807, 2.05) is 18.2 Å². The minimum atomic E-state index is -0.486. The summed E-state index contributed by atoms with van der Waals surface area (Å²) in [7, 11) is 0. The number of carbonyl (C=O) groups is 1. The quantitative estimate of drug-likeness (QED) is 0.311. The first-order chi connectivity index (χ1) is 13.8. The Hall–Kier alpha value is -2.95. The van der Waals surface area contributed by atoms with Crippen molar-refractivity contribution >= 4 is 17.2 Å². The number of hydrogen-bond donors (Lipinski definition) is 0. The lowest BCUT2D eigenvalue weighted by molar-refractivity contribution is -0.384. The van der Waals surface area contributed by atoms with E-state index < -0.39 is 10.9 Å². The van der Waals surface area contributed by atoms with E-state index in [1.165, 1.54) is 29.8 Å². The van der Waals surface area contributed by atoms with Gasteiger partial charge in [0, 0.05) is 17.5 Å². The number of nitro benzene ring substituents is 1. The van der Waals surface area contributed by atoms with E-state index in [2.05, 4.69) is 39.0 Å². The number of ether oxygens (including phenoxy) is 1. The van der Waals surface area contributed by atoms with Crippen LogP contribution < -0.4 is 0 Å². The zero-order chi connectivity index (χ0) is 21.1. The zero-order valence-corrected chi connectivity index (χ0v) is 17.2. The standard InChI is InChI=1S/C24H27NO4/c1-4-5-15-23(2)16-21(18-9-7-6-8-10-18)24(23,3)17-29-22(26)19-11-13-20(14-12-19)25(27)28/h6-14,16H,4-5,15,17H2,1-3H3/t23-,24-/m0/s1. The Balaban J connectivity index is 1.79. The van der Waals surface area contributed by atoms with Crippen LogP contribution in [0.25, 0.3) is 5.57 Å². The summed E-state index contributed by atoms with van der Waals surface area (Å²) >= 11 is 0. The summed E-state index contributed by atoms with van der Waals surface area (Å²) < 4.78 is 5.71. The van der Waals surface area contributed by atoms with Gasteiger partial charge in [-0.15, -0.1) is 0 Å². The van der Waals surface area contributed by atoms with Crippen LogP contribution in [0.1, 0.15) is 56.0 Å². The molecule has 1 aliphatic carbocycles. The van der Waals surface area contributed by atoms with E-state index in [9.17, 15) is 14.9 Å². The van der Waals surface area contributed by atoms with Gasteiger partial charge in [0.15, 0.2) is 0 Å². The minimum absolute atomic E-state index is 0.0473. The number of rotatable bonds is 8. The highest BCUT2D eigenvalue weighted by atomic mass is 16.6. The molecular weight excluding hydrogens is 366 g/mol. The third-order valence-electron chi connectivity index (χ3n) is 6.26. The average molecular weight is 393 g/mol. The molecule has 5 heteroatoms. The third-order valence-corrected chi connectivity index (χ3v) is 6.26. The maximum atomic E-state index is 12.6. The van der Waals surface area contributed by atoms with E-state index >= 15 is 0 Å². The van der Waals surface area contributed by atoms with Gasteiger partial charge in [-0.05, 0) is 35.1 Å². The van der Waals surface area contributed by atoms with Crippen molar-refractivity contribution < 1.29 is 14.5 Å². The van der Waals surface area contributed by atoms with Crippen LogP contribution in [0.2, 0.25) is 0 Å². The van der Waals surface area contributed by atoms with Gasteiger partial charge in [-0.3, -0.25) is 10.1 Å². The van der Waals surface area contributed by atoms with Crippen molar-refractivity contribution in [2.75, 3.05) is 6.61 Å². The maximum absolute atomic E-state index is 12.6. The van der Waals surface area contributed by atoms with Crippen molar-refractivity contribution in [3.8, 4) is 0 Å². The number of nitrogens with zero attached hydrogens (tertiary/aromatic N) is 1. The molecule has 2 aromatic rings. The summed E-state index contributed by atoms with van der Waals surface area (Å²) in [4.78, 5) is 22.9. The van der Waals surface area contributed by atoms with Crippen molar-refractivity contribution in [1.29, 1.82) is 0 Å². The number of benzene rings is 2. The predicted molar refractivity (Wildman–Crippen MR) is 114 cm³/mol. The van der Waals surface area contributed by atoms with Gasteiger partial charge in [0.25, 0.3) is 5.69 Å². The summed E-state index contributed by atoms with van der Waals surface area (Å²) in [6.45, 7) is 6.84. The molecule has 29 heavy (non-hydrogen) atoms. The summed E-state index contributed by atoms with van der Waals surface area (Å²) in [5.74, 6) is -0.460. The average Bonchev–Trinajstić information content (AvgIpc) is 2.74. The van der Waals surface area contributed by atoms with E-state index in [0.29, 0.717) is 5.56 Å². The number of esters is 1. The second-order valence-corrected chi connectivity index (χ2v) is 8.16. The molecule has 0 fully saturated rings. The highest BCUT2D eigenvalue weighted by molar-refractivity contribution is 5.90. The lowest BCUT2D eigenvalue weighted by atomic mass is 9.50. The van der Waals surface area contributed by atoms with Crippen molar-refractivity contribution in [3.05, 3.63) is 81.9 Å². The summed E-state index contributed by atoms with van der Waals surface area (Å²) in [6.07, 6.45) is 5.58. The molecule has 0 saturated carbocycles. The van der Waals surface area contributed by atoms with Crippen LogP contribution >= 0.6 is 0 Å². The second kappa shape index (κ2) is 8.19. The van der Waals surface area contributed by atoms with Crippen LogP contribution in [0.3, 0.4) is 0 Å². The SMILES string of the molecule is CCCC[C@@]1(C)C=C(c2ccccc2)[C@]1(C)COC(=O)c1ccc([N+](=O)[O-])cc1. The van der Waals surface area contributed by atoms with Crippen molar-refractivity contribution in [2.24, 2.45) is 10.8 Å². The molecule has 0 amide bonds. The Morgan fingerprint density at radius 2 is 1.72 bits per heavy atom. The molecule has 0 unspecified atom stereocenters. The molecule has 0 saturated heterocycles. The van der Waals surface area contributed by atoms with Gasteiger partial charge in [-0.2, -0.15) is 0 Å². The molecule has 2 atom stereocenters. The van der Waals surface area contributed by atoms with Gasteiger partial charge in [0.1, 0.15) is 6.61 Å². The van der Waals surface area contributed by atoms with Crippen molar-refractivity contribution in [3.63, 3.8) is 0 Å². The van der Waals surface area contributed by atoms with Crippen molar-refractivity contribution in [2.45, 2.75) is 40.0 Å². The number of hydrogen-bond acceptors (Lipinski definition) is 4. The molecule has 0 N–H and O–H groups in total. The first-order valence-electron chi connectivity index (χ1n) is 10.0. The summed E-state index contributed by atoms with van der Waals surface area (Å²) in [5, 5.41) is 10.8. The Morgan fingerprint density at radius 3 is 2.31 bits per heavy atom. The van der Waals surface area contributed by atoms with E-state index in [4.69, 9.17) is 4.74 Å². The summed E-state index contributed by atoms with van der Waals surface area (Å²) in [5.41, 5.74) is 2.28. The normalized spacial score (nSPS) is 23.1. The number of nitro groups is 1. The Bertz CT molecular complexity index is 920. The topological polar surface area (TPSA) is 69.4 Å². The van der Waals surface area contributed by atoms with Gasteiger partial charge in [-0.1, -0.05) is 70.0 Å². The van der Waals surface area contributed by atoms with Gasteiger partial charge in [0.05, 0.1) is 10.5 Å². The smallest absolute Gasteiger partial charge is 0.338 e. The van der Waals surface area contributed by atoms with E-state index in [-0.39, 0.29) is 23.1 Å². The Morgan fingerprint density at radius 1 is 1.07 bits per heavy atom. The lowest BCUT2D eigenvalue weighted by Gasteiger charge is -2.54. The lowest BCUT2D eigenvalue weighted by Crippen LogP contribution is -2.48. The van der Waals surface area contributed by atoms with E-state index in [0.717, 1.165) is 24.8 Å². The van der Waals surface area contributed by atoms with Crippen LogP contribution in [-0.2, 0) is 4.74 Å². The van der Waals surface area contributed by atoms with Crippen molar-refractivity contribution in [1.82, 2.24) is 0 Å². The zero-order valence-electron chi connectivity index (χ0n) is 17.2. The largest absolute Gasteiger partial charge is 0.461 e. The molecule has 5 nitrogen and oxygen atoms in total. The molecule has 152 valence electrons. The first-order valence-corrected chi connectivity index (χ1v) is 10.0. The maximum Gasteiger partial charge on any atom is 0.338 e. The van der Waals surface area contributed by atoms with Crippen LogP contribution in [0.15, 0.2) is 60.7 Å². The van der Waals surface area contributed by atoms with Gasteiger partial charge < -0.3 is 4.74 Å². The van der Waals surface area contributed by atoms with Gasteiger partial charge >= 0.3 is 5.97 Å². The number of non-ortho nitro benzene ring substituents is 1. The molecule has 3 rings (SSSR count). The second-order valence-electron chi connectivity index (χ2n) is 8.16. The molecule has 0 aliphatic heterocycles. The predicted octanol–water partition coefficient (Wildman–Crippen LogP) is 6.05. The van der Waals surface area contributed by atoms with Gasteiger partial charge in [-0.25, -0.2) is 4.79 Å². The van der Waals surface area contributed by atoms with Crippen LogP contribution in [0.5, 0.6) is 0 Å². The minimum Gasteiger partial charge on any atom is -0.461 e. The molecule has 1 aliphatic rings. The summed E-state index contributed by atoms with van der Waals surface area (Å²) in [6, 6.07) is 15.7. The van der Waals surface area contributed by atoms with Crippen LogP contribution in [-0.4, -0.2) is 17.5 Å². The molecule has 2 aromatic carbocycles. The van der Waals surface area contributed by atoms with E-state index in [1.54, 1.807) is 0 Å². The van der Waals surface area contributed by atoms with Crippen LogP contribution in [0.4, 0.5) is 5.69 Å². The first kappa shape index (κ1) is 20.8. The molecule has 0 radical (unpaired) electrons. The molecule has 0 heterocycles. The van der Waals surface area contributed by atoms with Crippen LogP contribution in [0, 0.1) is 20.9 Å². The fourth-order valence-corrected chi connectivity index (χ4v) is 4.03. The number of unbranched alkanes of at least 4 members (excludes halogenated alkanes) is 1. The third kappa shape index (κ3) is 3.95.